The molecule has 3 rings (SSSR count). The highest BCUT2D eigenvalue weighted by molar-refractivity contribution is 9.10. The molecule has 2 aromatic carbocycles. The van der Waals surface area contributed by atoms with Gasteiger partial charge in [0.1, 0.15) is 5.82 Å². The van der Waals surface area contributed by atoms with E-state index in [1.807, 2.05) is 36.1 Å². The van der Waals surface area contributed by atoms with Gasteiger partial charge in [0.05, 0.1) is 6.04 Å². The fourth-order valence-corrected chi connectivity index (χ4v) is 3.10. The zero-order valence-electron chi connectivity index (χ0n) is 12.9. The second kappa shape index (κ2) is 6.81. The zero-order chi connectivity index (χ0) is 16.4. The largest absolute Gasteiger partial charge is 0.310 e. The fraction of sp³-hybridized carbons (Fsp3) is 0.278. The van der Waals surface area contributed by atoms with Crippen LogP contribution >= 0.6 is 15.9 Å². The Kier molecular flexibility index (Phi) is 4.78. The summed E-state index contributed by atoms with van der Waals surface area (Å²) in [4.78, 5) is 16.6. The van der Waals surface area contributed by atoms with E-state index in [0.29, 0.717) is 13.1 Å². The number of carbonyl (C=O) groups excluding carboxylic acids is 1. The van der Waals surface area contributed by atoms with Crippen molar-refractivity contribution in [3.63, 3.8) is 0 Å². The summed E-state index contributed by atoms with van der Waals surface area (Å²) in [7, 11) is 0. The Balaban J connectivity index is 1.70. The van der Waals surface area contributed by atoms with Crippen molar-refractivity contribution in [1.29, 1.82) is 0 Å². The van der Waals surface area contributed by atoms with Crippen molar-refractivity contribution >= 4 is 27.5 Å². The van der Waals surface area contributed by atoms with Gasteiger partial charge in [-0.05, 0) is 48.9 Å². The van der Waals surface area contributed by atoms with E-state index in [0.717, 1.165) is 22.3 Å². The van der Waals surface area contributed by atoms with Crippen LogP contribution in [0.3, 0.4) is 0 Å². The molecule has 2 aromatic rings. The van der Waals surface area contributed by atoms with Gasteiger partial charge in [-0.25, -0.2) is 4.39 Å². The average molecular weight is 377 g/mol. The molecule has 1 aliphatic heterocycles. The van der Waals surface area contributed by atoms with Crippen LogP contribution in [0.25, 0.3) is 0 Å². The molecule has 5 heteroatoms. The highest BCUT2D eigenvalue weighted by atomic mass is 79.9. The molecule has 1 heterocycles. The molecule has 0 saturated carbocycles. The lowest BCUT2D eigenvalue weighted by Crippen LogP contribution is -2.55. The first-order valence-corrected chi connectivity index (χ1v) is 8.39. The van der Waals surface area contributed by atoms with Gasteiger partial charge in [-0.1, -0.05) is 28.1 Å². The number of carbonyl (C=O) groups is 1. The molecule has 1 aliphatic rings. The molecule has 23 heavy (non-hydrogen) atoms. The molecular formula is C18H18BrFN2O. The van der Waals surface area contributed by atoms with Crippen molar-refractivity contribution in [2.45, 2.75) is 19.5 Å². The van der Waals surface area contributed by atoms with Crippen LogP contribution < -0.4 is 4.90 Å². The van der Waals surface area contributed by atoms with Crippen LogP contribution in [0, 0.1) is 5.82 Å². The van der Waals surface area contributed by atoms with Crippen molar-refractivity contribution in [3.05, 3.63) is 64.4 Å². The topological polar surface area (TPSA) is 23.6 Å². The number of nitrogens with zero attached hydrogens (tertiary/aromatic N) is 2. The summed E-state index contributed by atoms with van der Waals surface area (Å²) >= 11 is 3.41. The van der Waals surface area contributed by atoms with E-state index in [4.69, 9.17) is 0 Å². The molecule has 0 radical (unpaired) electrons. The lowest BCUT2D eigenvalue weighted by Gasteiger charge is -2.39. The molecular weight excluding hydrogens is 359 g/mol. The Morgan fingerprint density at radius 1 is 1.09 bits per heavy atom. The summed E-state index contributed by atoms with van der Waals surface area (Å²) in [5.41, 5.74) is 1.94. The van der Waals surface area contributed by atoms with E-state index >= 15 is 0 Å². The molecule has 1 saturated heterocycles. The summed E-state index contributed by atoms with van der Waals surface area (Å²) in [5.74, 6) is -0.140. The first-order valence-electron chi connectivity index (χ1n) is 7.60. The van der Waals surface area contributed by atoms with Crippen molar-refractivity contribution < 1.29 is 9.18 Å². The van der Waals surface area contributed by atoms with Crippen molar-refractivity contribution in [2.24, 2.45) is 0 Å². The van der Waals surface area contributed by atoms with Crippen LogP contribution in [0.4, 0.5) is 10.1 Å². The molecule has 3 nitrogen and oxygen atoms in total. The van der Waals surface area contributed by atoms with Gasteiger partial charge in [-0.3, -0.25) is 9.69 Å². The minimum Gasteiger partial charge on any atom is -0.310 e. The van der Waals surface area contributed by atoms with Gasteiger partial charge in [0.2, 0.25) is 5.91 Å². The standard InChI is InChI=1S/C18H18BrFN2O/c1-13-18(23)22(17-8-4-15(19)5-9-17)11-10-21(13)12-14-2-6-16(20)7-3-14/h2-9,13H,10-12H2,1H3. The molecule has 0 aromatic heterocycles. The van der Waals surface area contributed by atoms with Crippen LogP contribution in [0.5, 0.6) is 0 Å². The lowest BCUT2D eigenvalue weighted by atomic mass is 10.1. The summed E-state index contributed by atoms with van der Waals surface area (Å²) in [5, 5.41) is 0. The summed E-state index contributed by atoms with van der Waals surface area (Å²) in [6.07, 6.45) is 0. The zero-order valence-corrected chi connectivity index (χ0v) is 14.5. The van der Waals surface area contributed by atoms with Gasteiger partial charge in [-0.2, -0.15) is 0 Å². The van der Waals surface area contributed by atoms with Crippen LogP contribution in [-0.2, 0) is 11.3 Å². The van der Waals surface area contributed by atoms with Crippen LogP contribution in [-0.4, -0.2) is 29.9 Å². The molecule has 1 fully saturated rings. The third-order valence-corrected chi connectivity index (χ3v) is 4.75. The maximum Gasteiger partial charge on any atom is 0.244 e. The summed E-state index contributed by atoms with van der Waals surface area (Å²) in [6.45, 7) is 4.03. The molecule has 120 valence electrons. The number of benzene rings is 2. The Morgan fingerprint density at radius 2 is 1.74 bits per heavy atom. The summed E-state index contributed by atoms with van der Waals surface area (Å²) < 4.78 is 14.0. The van der Waals surface area contributed by atoms with Gasteiger partial charge in [0, 0.05) is 29.8 Å². The molecule has 0 aliphatic carbocycles. The first kappa shape index (κ1) is 16.1. The maximum atomic E-state index is 13.0. The van der Waals surface area contributed by atoms with Gasteiger partial charge in [0.15, 0.2) is 0 Å². The number of halogens is 2. The Morgan fingerprint density at radius 3 is 2.39 bits per heavy atom. The number of hydrogen-bond acceptors (Lipinski definition) is 2. The monoisotopic (exact) mass is 376 g/mol. The lowest BCUT2D eigenvalue weighted by molar-refractivity contribution is -0.125. The second-order valence-electron chi connectivity index (χ2n) is 5.74. The Hall–Kier alpha value is -1.72. The van der Waals surface area contributed by atoms with E-state index in [1.54, 1.807) is 12.1 Å². The first-order chi connectivity index (χ1) is 11.0. The Labute approximate surface area is 143 Å². The molecule has 0 N–H and O–H groups in total. The number of piperazine rings is 1. The highest BCUT2D eigenvalue weighted by Crippen LogP contribution is 2.23. The van der Waals surface area contributed by atoms with Crippen molar-refractivity contribution in [3.8, 4) is 0 Å². The molecule has 1 unspecified atom stereocenters. The van der Waals surface area contributed by atoms with Crippen molar-refractivity contribution in [1.82, 2.24) is 4.90 Å². The predicted molar refractivity (Wildman–Crippen MR) is 92.8 cm³/mol. The number of amides is 1. The molecule has 0 bridgehead atoms. The minimum absolute atomic E-state index is 0.0979. The number of anilines is 1. The van der Waals surface area contributed by atoms with E-state index in [-0.39, 0.29) is 17.8 Å². The van der Waals surface area contributed by atoms with Crippen LogP contribution in [0.2, 0.25) is 0 Å². The van der Waals surface area contributed by atoms with Gasteiger partial charge in [0.25, 0.3) is 0 Å². The third-order valence-electron chi connectivity index (χ3n) is 4.22. The van der Waals surface area contributed by atoms with E-state index in [1.165, 1.54) is 12.1 Å². The number of rotatable bonds is 3. The third kappa shape index (κ3) is 3.62. The maximum absolute atomic E-state index is 13.0. The molecule has 1 amide bonds. The van der Waals surface area contributed by atoms with Gasteiger partial charge < -0.3 is 4.90 Å². The molecule has 0 spiro atoms. The second-order valence-corrected chi connectivity index (χ2v) is 6.65. The van der Waals surface area contributed by atoms with Crippen molar-refractivity contribution in [2.75, 3.05) is 18.0 Å². The fourth-order valence-electron chi connectivity index (χ4n) is 2.83. The molecule has 1 atom stereocenters. The van der Waals surface area contributed by atoms with Gasteiger partial charge >= 0.3 is 0 Å². The average Bonchev–Trinajstić information content (AvgIpc) is 2.55. The smallest absolute Gasteiger partial charge is 0.244 e. The van der Waals surface area contributed by atoms with E-state index in [9.17, 15) is 9.18 Å². The SMILES string of the molecule is CC1C(=O)N(c2ccc(Br)cc2)CCN1Cc1ccc(F)cc1. The summed E-state index contributed by atoms with van der Waals surface area (Å²) in [6, 6.07) is 14.0. The quantitative estimate of drug-likeness (QED) is 0.812. The van der Waals surface area contributed by atoms with Gasteiger partial charge in [-0.15, -0.1) is 0 Å². The minimum atomic E-state index is -0.238. The Bertz CT molecular complexity index is 687. The van der Waals surface area contributed by atoms with Crippen LogP contribution in [0.15, 0.2) is 53.0 Å². The van der Waals surface area contributed by atoms with E-state index in [2.05, 4.69) is 20.8 Å². The van der Waals surface area contributed by atoms with Crippen LogP contribution in [0.1, 0.15) is 12.5 Å². The van der Waals surface area contributed by atoms with E-state index < -0.39 is 0 Å². The highest BCUT2D eigenvalue weighted by Gasteiger charge is 2.32. The number of hydrogen-bond donors (Lipinski definition) is 0. The predicted octanol–water partition coefficient (Wildman–Crippen LogP) is 3.83. The normalized spacial score (nSPS) is 19.2.